The molecular weight excluding hydrogens is 472 g/mol. The lowest BCUT2D eigenvalue weighted by Crippen LogP contribution is -2.32. The van der Waals surface area contributed by atoms with Gasteiger partial charge in [-0.1, -0.05) is 17.7 Å². The maximum absolute atomic E-state index is 12.5. The van der Waals surface area contributed by atoms with E-state index in [1.807, 2.05) is 0 Å². The molecule has 0 aromatic heterocycles. The predicted octanol–water partition coefficient (Wildman–Crippen LogP) is 3.41. The van der Waals surface area contributed by atoms with Gasteiger partial charge in [-0.05, 0) is 49.2 Å². The zero-order valence-electron chi connectivity index (χ0n) is 18.7. The van der Waals surface area contributed by atoms with Gasteiger partial charge in [-0.25, -0.2) is 18.0 Å². The molecule has 0 fully saturated rings. The van der Waals surface area contributed by atoms with Crippen molar-refractivity contribution in [1.82, 2.24) is 0 Å². The Labute approximate surface area is 197 Å². The van der Waals surface area contributed by atoms with Crippen LogP contribution in [0.3, 0.4) is 0 Å². The van der Waals surface area contributed by atoms with Gasteiger partial charge in [0.05, 0.1) is 37.3 Å². The fraction of sp³-hybridized carbons (Fsp3) is 0.318. The number of nitrogens with one attached hydrogen (secondary N) is 1. The van der Waals surface area contributed by atoms with Crippen molar-refractivity contribution >= 4 is 50.8 Å². The van der Waals surface area contributed by atoms with Gasteiger partial charge in [0.2, 0.25) is 15.9 Å². The maximum atomic E-state index is 12.5. The number of carbonyl (C=O) groups is 3. The van der Waals surface area contributed by atoms with Crippen molar-refractivity contribution in [3.8, 4) is 0 Å². The van der Waals surface area contributed by atoms with E-state index < -0.39 is 27.9 Å². The van der Waals surface area contributed by atoms with Crippen LogP contribution in [0.1, 0.15) is 39.1 Å². The van der Waals surface area contributed by atoms with Crippen molar-refractivity contribution < 1.29 is 32.3 Å². The monoisotopic (exact) mass is 496 g/mol. The first-order valence-corrected chi connectivity index (χ1v) is 12.0. The standard InChI is InChI=1S/C22H25ClN2O7S/c1-14-18(23)7-5-8-19(14)25(33(4,29)30)10-6-9-20(26)24-17-12-15(21(27)31-2)11-16(13-17)22(28)32-3/h5,7-8,11-13H,6,9-10H2,1-4H3,(H,24,26). The number of anilines is 2. The van der Waals surface area contributed by atoms with E-state index in [0.717, 1.165) is 6.26 Å². The van der Waals surface area contributed by atoms with Gasteiger partial charge in [0.1, 0.15) is 0 Å². The first-order chi connectivity index (χ1) is 15.5. The van der Waals surface area contributed by atoms with Crippen LogP contribution < -0.4 is 9.62 Å². The van der Waals surface area contributed by atoms with E-state index in [4.69, 9.17) is 11.6 Å². The number of nitrogens with zero attached hydrogens (tertiary/aromatic N) is 1. The highest BCUT2D eigenvalue weighted by Crippen LogP contribution is 2.28. The molecule has 2 aromatic carbocycles. The van der Waals surface area contributed by atoms with E-state index in [-0.39, 0.29) is 36.2 Å². The molecule has 0 atom stereocenters. The van der Waals surface area contributed by atoms with Gasteiger partial charge in [0.15, 0.2) is 0 Å². The minimum atomic E-state index is -3.61. The van der Waals surface area contributed by atoms with E-state index in [2.05, 4.69) is 14.8 Å². The quantitative estimate of drug-likeness (QED) is 0.528. The van der Waals surface area contributed by atoms with Crippen LogP contribution in [0.5, 0.6) is 0 Å². The van der Waals surface area contributed by atoms with E-state index in [0.29, 0.717) is 16.3 Å². The molecule has 33 heavy (non-hydrogen) atoms. The zero-order chi connectivity index (χ0) is 24.8. The normalized spacial score (nSPS) is 10.9. The molecule has 9 nitrogen and oxygen atoms in total. The van der Waals surface area contributed by atoms with Crippen molar-refractivity contribution in [3.63, 3.8) is 0 Å². The van der Waals surface area contributed by atoms with Gasteiger partial charge in [-0.15, -0.1) is 0 Å². The number of carbonyl (C=O) groups excluding carboxylic acids is 3. The highest BCUT2D eigenvalue weighted by molar-refractivity contribution is 7.92. The summed E-state index contributed by atoms with van der Waals surface area (Å²) in [5.74, 6) is -1.79. The number of methoxy groups -OCH3 is 2. The summed E-state index contributed by atoms with van der Waals surface area (Å²) in [5, 5.41) is 3.05. The largest absolute Gasteiger partial charge is 0.465 e. The second kappa shape index (κ2) is 11.2. The average Bonchev–Trinajstić information content (AvgIpc) is 2.76. The smallest absolute Gasteiger partial charge is 0.337 e. The Bertz CT molecular complexity index is 1130. The maximum Gasteiger partial charge on any atom is 0.337 e. The number of esters is 2. The number of amides is 1. The van der Waals surface area contributed by atoms with Crippen molar-refractivity contribution in [2.24, 2.45) is 0 Å². The molecule has 1 N–H and O–H groups in total. The molecule has 0 radical (unpaired) electrons. The summed E-state index contributed by atoms with van der Waals surface area (Å²) < 4.78 is 35.2. The molecule has 2 aromatic rings. The van der Waals surface area contributed by atoms with Gasteiger partial charge in [0.25, 0.3) is 0 Å². The molecule has 0 spiro atoms. The second-order valence-corrected chi connectivity index (χ2v) is 9.47. The number of hydrogen-bond donors (Lipinski definition) is 1. The van der Waals surface area contributed by atoms with Crippen LogP contribution in [0.15, 0.2) is 36.4 Å². The molecule has 0 heterocycles. The Kier molecular flexibility index (Phi) is 8.84. The molecule has 0 bridgehead atoms. The Morgan fingerprint density at radius 3 is 2.12 bits per heavy atom. The van der Waals surface area contributed by atoms with E-state index in [1.165, 1.54) is 36.7 Å². The molecule has 0 aliphatic carbocycles. The second-order valence-electron chi connectivity index (χ2n) is 7.15. The summed E-state index contributed by atoms with van der Waals surface area (Å²) >= 11 is 6.12. The van der Waals surface area contributed by atoms with Crippen molar-refractivity contribution in [2.45, 2.75) is 19.8 Å². The Morgan fingerprint density at radius 1 is 1.03 bits per heavy atom. The lowest BCUT2D eigenvalue weighted by atomic mass is 10.1. The SMILES string of the molecule is COC(=O)c1cc(NC(=O)CCCN(c2cccc(Cl)c2C)S(C)(=O)=O)cc(C(=O)OC)c1. The molecular formula is C22H25ClN2O7S. The lowest BCUT2D eigenvalue weighted by molar-refractivity contribution is -0.116. The third-order valence-electron chi connectivity index (χ3n) is 4.73. The van der Waals surface area contributed by atoms with E-state index >= 15 is 0 Å². The zero-order valence-corrected chi connectivity index (χ0v) is 20.2. The molecule has 1 amide bonds. The van der Waals surface area contributed by atoms with Crippen LogP contribution in [0, 0.1) is 6.92 Å². The Hall–Kier alpha value is -3.11. The first-order valence-electron chi connectivity index (χ1n) is 9.82. The fourth-order valence-corrected chi connectivity index (χ4v) is 4.29. The summed E-state index contributed by atoms with van der Waals surface area (Å²) in [7, 11) is -1.22. The van der Waals surface area contributed by atoms with Gasteiger partial charge in [-0.3, -0.25) is 9.10 Å². The van der Waals surface area contributed by atoms with Crippen molar-refractivity contribution in [1.29, 1.82) is 0 Å². The van der Waals surface area contributed by atoms with Gasteiger partial charge in [0, 0.05) is 23.7 Å². The predicted molar refractivity (Wildman–Crippen MR) is 125 cm³/mol. The summed E-state index contributed by atoms with van der Waals surface area (Å²) in [6.07, 6.45) is 1.28. The topological polar surface area (TPSA) is 119 Å². The molecule has 11 heteroatoms. The van der Waals surface area contributed by atoms with Crippen LogP contribution in [0.4, 0.5) is 11.4 Å². The van der Waals surface area contributed by atoms with Crippen LogP contribution in [0.2, 0.25) is 5.02 Å². The number of sulfonamides is 1. The van der Waals surface area contributed by atoms with Crippen LogP contribution in [-0.2, 0) is 24.3 Å². The van der Waals surface area contributed by atoms with Gasteiger partial charge >= 0.3 is 11.9 Å². The third kappa shape index (κ3) is 6.93. The summed E-state index contributed by atoms with van der Waals surface area (Å²) in [6.45, 7) is 1.78. The number of benzene rings is 2. The van der Waals surface area contributed by atoms with Crippen LogP contribution in [0.25, 0.3) is 0 Å². The number of rotatable bonds is 9. The van der Waals surface area contributed by atoms with Gasteiger partial charge in [-0.2, -0.15) is 0 Å². The number of halogens is 1. The minimum absolute atomic E-state index is 0.0123. The minimum Gasteiger partial charge on any atom is -0.465 e. The summed E-state index contributed by atoms with van der Waals surface area (Å²) in [4.78, 5) is 36.2. The van der Waals surface area contributed by atoms with Crippen LogP contribution in [-0.4, -0.2) is 53.3 Å². The van der Waals surface area contributed by atoms with Crippen molar-refractivity contribution in [3.05, 3.63) is 58.1 Å². The molecule has 0 aliphatic rings. The molecule has 0 aliphatic heterocycles. The molecule has 0 unspecified atom stereocenters. The third-order valence-corrected chi connectivity index (χ3v) is 6.32. The van der Waals surface area contributed by atoms with Crippen LogP contribution >= 0.6 is 11.6 Å². The molecule has 0 saturated carbocycles. The van der Waals surface area contributed by atoms with E-state index in [9.17, 15) is 22.8 Å². The Balaban J connectivity index is 2.13. The number of ether oxygens (including phenoxy) is 2. The summed E-state index contributed by atoms with van der Waals surface area (Å²) in [5.41, 5.74) is 1.39. The molecule has 0 saturated heterocycles. The summed E-state index contributed by atoms with van der Waals surface area (Å²) in [6, 6.07) is 9.00. The average molecular weight is 497 g/mol. The van der Waals surface area contributed by atoms with Crippen molar-refractivity contribution in [2.75, 3.05) is 36.6 Å². The molecule has 178 valence electrons. The lowest BCUT2D eigenvalue weighted by Gasteiger charge is -2.24. The first kappa shape index (κ1) is 26.1. The Morgan fingerprint density at radius 2 is 1.61 bits per heavy atom. The van der Waals surface area contributed by atoms with E-state index in [1.54, 1.807) is 25.1 Å². The molecule has 2 rings (SSSR count). The highest BCUT2D eigenvalue weighted by atomic mass is 35.5. The fourth-order valence-electron chi connectivity index (χ4n) is 3.11. The highest BCUT2D eigenvalue weighted by Gasteiger charge is 2.21. The number of hydrogen-bond acceptors (Lipinski definition) is 7. The van der Waals surface area contributed by atoms with Gasteiger partial charge < -0.3 is 14.8 Å².